The fourth-order valence-electron chi connectivity index (χ4n) is 1.85. The molecule has 0 heterocycles. The molecule has 0 bridgehead atoms. The smallest absolute Gasteiger partial charge is 0.117 e. The van der Waals surface area contributed by atoms with E-state index >= 15 is 0 Å². The molecule has 0 spiro atoms. The number of allylic oxidation sites excluding steroid dienone is 1. The maximum absolute atomic E-state index is 9.52. The van der Waals surface area contributed by atoms with Crippen molar-refractivity contribution in [1.29, 1.82) is 0 Å². The van der Waals surface area contributed by atoms with E-state index in [1.165, 1.54) is 11.9 Å². The van der Waals surface area contributed by atoms with Gasteiger partial charge in [0.25, 0.3) is 0 Å². The zero-order valence-corrected chi connectivity index (χ0v) is 17.6. The zero-order chi connectivity index (χ0) is 19.5. The Balaban J connectivity index is 3.27. The second-order valence-corrected chi connectivity index (χ2v) is 6.48. The van der Waals surface area contributed by atoms with Crippen LogP contribution in [0.5, 0.6) is 0 Å². The number of hydrogen-bond donors (Lipinski definition) is 3. The molecular weight excluding hydrogens is 356 g/mol. The molecule has 0 aliphatic heterocycles. The average molecular weight is 395 g/mol. The van der Waals surface area contributed by atoms with Gasteiger partial charge in [0.2, 0.25) is 0 Å². The van der Waals surface area contributed by atoms with Crippen molar-refractivity contribution < 1.29 is 24.1 Å². The van der Waals surface area contributed by atoms with Crippen LogP contribution in [0.15, 0.2) is 11.8 Å². The van der Waals surface area contributed by atoms with Crippen molar-refractivity contribution >= 4 is 11.9 Å². The van der Waals surface area contributed by atoms with Gasteiger partial charge in [-0.05, 0) is 32.6 Å². The van der Waals surface area contributed by atoms with Gasteiger partial charge in [0.15, 0.2) is 0 Å². The minimum Gasteiger partial charge on any atom is -0.496 e. The van der Waals surface area contributed by atoms with Gasteiger partial charge in [-0.2, -0.15) is 0 Å². The number of nitrogens with one attached hydrogen (secondary N) is 2. The third-order valence-corrected chi connectivity index (χ3v) is 4.04. The first-order valence-corrected chi connectivity index (χ1v) is 10.5. The Hall–Kier alpha value is -0.350. The van der Waals surface area contributed by atoms with E-state index in [-0.39, 0.29) is 0 Å². The fraction of sp³-hybridized carbons (Fsp3) is 0.889. The van der Waals surface area contributed by atoms with Gasteiger partial charge in [-0.3, -0.25) is 0 Å². The molecule has 0 rings (SSSR count). The van der Waals surface area contributed by atoms with Crippen LogP contribution in [-0.2, 0) is 18.9 Å². The standard InChI is InChI=1S/C18H38N2O5S/c1-5-16(2)19-8-9-22-10-11-23-12-13-24-14-15-25-17(3)6-7-18(21)20-26-4/h6,16,18-21H,5,7-15H2,1-4H3/b17-6+. The minimum absolute atomic E-state index is 0.487. The highest BCUT2D eigenvalue weighted by Gasteiger charge is 2.00. The molecule has 7 nitrogen and oxygen atoms in total. The molecule has 26 heavy (non-hydrogen) atoms. The average Bonchev–Trinajstić information content (AvgIpc) is 2.63. The van der Waals surface area contributed by atoms with Crippen LogP contribution in [0.2, 0.25) is 0 Å². The first-order chi connectivity index (χ1) is 12.6. The minimum atomic E-state index is -0.558. The molecule has 2 unspecified atom stereocenters. The molecule has 0 saturated carbocycles. The maximum Gasteiger partial charge on any atom is 0.117 e. The van der Waals surface area contributed by atoms with Crippen molar-refractivity contribution in [3.63, 3.8) is 0 Å². The van der Waals surface area contributed by atoms with Gasteiger partial charge in [0.05, 0.1) is 45.4 Å². The molecule has 0 aromatic rings. The Morgan fingerprint density at radius 2 is 1.62 bits per heavy atom. The lowest BCUT2D eigenvalue weighted by molar-refractivity contribution is 0.00510. The highest BCUT2D eigenvalue weighted by Crippen LogP contribution is 2.01. The molecule has 2 atom stereocenters. The van der Waals surface area contributed by atoms with E-state index in [0.717, 1.165) is 18.7 Å². The monoisotopic (exact) mass is 394 g/mol. The third-order valence-electron chi connectivity index (χ3n) is 3.54. The van der Waals surface area contributed by atoms with Crippen LogP contribution in [0.3, 0.4) is 0 Å². The predicted octanol–water partition coefficient (Wildman–Crippen LogP) is 1.92. The number of aliphatic hydroxyl groups is 1. The summed E-state index contributed by atoms with van der Waals surface area (Å²) in [6.07, 6.45) is 4.81. The largest absolute Gasteiger partial charge is 0.496 e. The Kier molecular flexibility index (Phi) is 19.2. The van der Waals surface area contributed by atoms with E-state index in [1.807, 2.05) is 19.3 Å². The quantitative estimate of drug-likeness (QED) is 0.133. The molecule has 8 heteroatoms. The molecule has 0 aliphatic carbocycles. The van der Waals surface area contributed by atoms with Crippen LogP contribution in [0.4, 0.5) is 0 Å². The van der Waals surface area contributed by atoms with E-state index in [2.05, 4.69) is 23.9 Å². The summed E-state index contributed by atoms with van der Waals surface area (Å²) < 4.78 is 24.7. The summed E-state index contributed by atoms with van der Waals surface area (Å²) in [5, 5.41) is 12.9. The second-order valence-electron chi connectivity index (χ2n) is 5.84. The Labute approximate surface area is 163 Å². The van der Waals surface area contributed by atoms with Gasteiger partial charge in [-0.25, -0.2) is 4.72 Å². The van der Waals surface area contributed by atoms with Crippen LogP contribution in [-0.4, -0.2) is 76.4 Å². The topological polar surface area (TPSA) is 81.2 Å². The summed E-state index contributed by atoms with van der Waals surface area (Å²) >= 11 is 1.39. The molecule has 3 N–H and O–H groups in total. The normalized spacial score (nSPS) is 14.4. The summed E-state index contributed by atoms with van der Waals surface area (Å²) in [6, 6.07) is 0.541. The number of aliphatic hydroxyl groups excluding tert-OH is 1. The number of hydrogen-bond acceptors (Lipinski definition) is 8. The van der Waals surface area contributed by atoms with Gasteiger partial charge < -0.3 is 29.4 Å². The highest BCUT2D eigenvalue weighted by molar-refractivity contribution is 7.96. The second kappa shape index (κ2) is 19.4. The predicted molar refractivity (Wildman–Crippen MR) is 107 cm³/mol. The molecule has 0 aromatic heterocycles. The summed E-state index contributed by atoms with van der Waals surface area (Å²) in [5.74, 6) is 0.784. The molecule has 0 aromatic carbocycles. The van der Waals surface area contributed by atoms with Crippen molar-refractivity contribution in [3.8, 4) is 0 Å². The summed E-state index contributed by atoms with van der Waals surface area (Å²) in [5.41, 5.74) is 0. The van der Waals surface area contributed by atoms with Crippen LogP contribution in [0.25, 0.3) is 0 Å². The molecule has 0 saturated heterocycles. The summed E-state index contributed by atoms with van der Waals surface area (Å²) in [4.78, 5) is 0. The van der Waals surface area contributed by atoms with Crippen LogP contribution >= 0.6 is 11.9 Å². The first kappa shape index (κ1) is 25.6. The molecular formula is C18H38N2O5S. The molecule has 0 radical (unpaired) electrons. The molecule has 0 amide bonds. The number of rotatable bonds is 19. The van der Waals surface area contributed by atoms with Gasteiger partial charge in [-0.1, -0.05) is 18.9 Å². The SMILES string of the molecule is CCC(C)NCCOCCOCCOCCO/C(C)=C/CC(O)NSC. The summed E-state index contributed by atoms with van der Waals surface area (Å²) in [6.45, 7) is 11.1. The first-order valence-electron chi connectivity index (χ1n) is 9.32. The van der Waals surface area contributed by atoms with E-state index in [0.29, 0.717) is 58.7 Å². The Bertz CT molecular complexity index is 335. The van der Waals surface area contributed by atoms with Crippen molar-refractivity contribution in [2.75, 3.05) is 59.0 Å². The Morgan fingerprint density at radius 3 is 2.19 bits per heavy atom. The lowest BCUT2D eigenvalue weighted by Crippen LogP contribution is -2.29. The summed E-state index contributed by atoms with van der Waals surface area (Å²) in [7, 11) is 0. The van der Waals surface area contributed by atoms with Crippen molar-refractivity contribution in [1.82, 2.24) is 10.0 Å². The van der Waals surface area contributed by atoms with E-state index in [9.17, 15) is 5.11 Å². The van der Waals surface area contributed by atoms with E-state index in [4.69, 9.17) is 18.9 Å². The fourth-order valence-corrected chi connectivity index (χ4v) is 2.21. The van der Waals surface area contributed by atoms with Gasteiger partial charge in [0, 0.05) is 19.0 Å². The lowest BCUT2D eigenvalue weighted by Gasteiger charge is -2.11. The van der Waals surface area contributed by atoms with Crippen molar-refractivity contribution in [2.45, 2.75) is 45.9 Å². The lowest BCUT2D eigenvalue weighted by atomic mass is 10.3. The number of ether oxygens (including phenoxy) is 4. The van der Waals surface area contributed by atoms with E-state index in [1.54, 1.807) is 0 Å². The zero-order valence-electron chi connectivity index (χ0n) is 16.8. The molecule has 156 valence electrons. The van der Waals surface area contributed by atoms with Crippen LogP contribution in [0.1, 0.15) is 33.6 Å². The van der Waals surface area contributed by atoms with Gasteiger partial charge in [0.1, 0.15) is 12.8 Å². The van der Waals surface area contributed by atoms with E-state index < -0.39 is 6.23 Å². The Morgan fingerprint density at radius 1 is 1.04 bits per heavy atom. The van der Waals surface area contributed by atoms with Crippen molar-refractivity contribution in [3.05, 3.63) is 11.8 Å². The molecule has 0 aliphatic rings. The third kappa shape index (κ3) is 18.4. The van der Waals surface area contributed by atoms with Crippen LogP contribution < -0.4 is 10.0 Å². The van der Waals surface area contributed by atoms with Crippen LogP contribution in [0, 0.1) is 0 Å². The van der Waals surface area contributed by atoms with Gasteiger partial charge in [-0.15, -0.1) is 0 Å². The highest BCUT2D eigenvalue weighted by atomic mass is 32.2. The van der Waals surface area contributed by atoms with Gasteiger partial charge >= 0.3 is 0 Å². The molecule has 0 fully saturated rings. The van der Waals surface area contributed by atoms with Crippen molar-refractivity contribution in [2.24, 2.45) is 0 Å². The maximum atomic E-state index is 9.52.